The van der Waals surface area contributed by atoms with Gasteiger partial charge in [0.2, 0.25) is 5.82 Å². The van der Waals surface area contributed by atoms with Gasteiger partial charge in [-0.05, 0) is 17.9 Å². The molecule has 2 unspecified atom stereocenters. The van der Waals surface area contributed by atoms with Crippen LogP contribution in [0, 0.1) is 33.6 Å². The Bertz CT molecular complexity index is 567. The van der Waals surface area contributed by atoms with Crippen molar-refractivity contribution in [3.05, 3.63) is 39.4 Å². The Hall–Kier alpha value is -2.05. The number of nitro groups is 1. The number of amides is 1. The lowest BCUT2D eigenvalue weighted by Gasteiger charge is -2.16. The van der Waals surface area contributed by atoms with Crippen LogP contribution in [0.4, 0.5) is 14.5 Å². The summed E-state index contributed by atoms with van der Waals surface area (Å²) in [5, 5.41) is 10.6. The predicted molar refractivity (Wildman–Crippen MR) is 67.2 cm³/mol. The predicted octanol–water partition coefficient (Wildman–Crippen LogP) is 2.60. The first kappa shape index (κ1) is 14.4. The maximum atomic E-state index is 13.9. The van der Waals surface area contributed by atoms with Crippen molar-refractivity contribution in [2.45, 2.75) is 13.8 Å². The smallest absolute Gasteiger partial charge is 0.308 e. The van der Waals surface area contributed by atoms with Gasteiger partial charge in [0.1, 0.15) is 5.82 Å². The van der Waals surface area contributed by atoms with Crippen molar-refractivity contribution >= 4 is 11.6 Å². The van der Waals surface area contributed by atoms with Crippen LogP contribution >= 0.6 is 0 Å². The van der Waals surface area contributed by atoms with Crippen molar-refractivity contribution in [3.8, 4) is 0 Å². The van der Waals surface area contributed by atoms with Gasteiger partial charge in [0.05, 0.1) is 16.6 Å². The molecule has 1 amide bonds. The fraction of sp³-hybridized carbons (Fsp3) is 0.462. The minimum Gasteiger partial charge on any atom is -0.338 e. The number of likely N-dealkylation sites (tertiary alicyclic amines) is 1. The summed E-state index contributed by atoms with van der Waals surface area (Å²) in [5.74, 6) is -2.48. The molecule has 1 aromatic carbocycles. The minimum atomic E-state index is -1.28. The van der Waals surface area contributed by atoms with Crippen LogP contribution in [0.15, 0.2) is 12.1 Å². The molecule has 1 saturated heterocycles. The lowest BCUT2D eigenvalue weighted by molar-refractivity contribution is -0.387. The van der Waals surface area contributed by atoms with Crippen LogP contribution in [-0.4, -0.2) is 28.8 Å². The number of hydrogen-bond donors (Lipinski definition) is 0. The molecule has 0 aromatic heterocycles. The van der Waals surface area contributed by atoms with E-state index < -0.39 is 33.7 Å². The molecule has 1 aliphatic rings. The second kappa shape index (κ2) is 5.15. The van der Waals surface area contributed by atoms with Crippen LogP contribution in [0.1, 0.15) is 24.2 Å². The third-order valence-electron chi connectivity index (χ3n) is 3.72. The van der Waals surface area contributed by atoms with E-state index >= 15 is 0 Å². The SMILES string of the molecule is CC1CN(C(=O)c2cc(F)cc([N+](=O)[O-])c2F)CC1C. The number of halogens is 2. The Balaban J connectivity index is 2.38. The van der Waals surface area contributed by atoms with E-state index in [1.165, 1.54) is 4.90 Å². The Morgan fingerprint density at radius 2 is 1.85 bits per heavy atom. The van der Waals surface area contributed by atoms with Crippen LogP contribution in [0.2, 0.25) is 0 Å². The molecule has 108 valence electrons. The summed E-state index contributed by atoms with van der Waals surface area (Å²) in [7, 11) is 0. The molecular formula is C13H14F2N2O3. The number of hydrogen-bond acceptors (Lipinski definition) is 3. The summed E-state index contributed by atoms with van der Waals surface area (Å²) >= 11 is 0. The second-order valence-electron chi connectivity index (χ2n) is 5.21. The number of carbonyl (C=O) groups excluding carboxylic acids is 1. The zero-order valence-corrected chi connectivity index (χ0v) is 11.1. The van der Waals surface area contributed by atoms with Crippen molar-refractivity contribution in [1.29, 1.82) is 0 Å². The van der Waals surface area contributed by atoms with Gasteiger partial charge in [-0.2, -0.15) is 4.39 Å². The molecule has 0 bridgehead atoms. The zero-order chi connectivity index (χ0) is 15.0. The molecule has 1 aromatic rings. The molecule has 0 N–H and O–H groups in total. The number of nitro benzene ring substituents is 1. The van der Waals surface area contributed by atoms with E-state index in [1.807, 2.05) is 13.8 Å². The first-order valence-corrected chi connectivity index (χ1v) is 6.24. The number of rotatable bonds is 2. The minimum absolute atomic E-state index is 0.255. The summed E-state index contributed by atoms with van der Waals surface area (Å²) < 4.78 is 27.3. The van der Waals surface area contributed by atoms with Gasteiger partial charge < -0.3 is 4.90 Å². The average Bonchev–Trinajstić information content (AvgIpc) is 2.71. The van der Waals surface area contributed by atoms with E-state index in [2.05, 4.69) is 0 Å². The van der Waals surface area contributed by atoms with Crippen LogP contribution in [0.25, 0.3) is 0 Å². The van der Waals surface area contributed by atoms with Crippen molar-refractivity contribution in [1.82, 2.24) is 4.90 Å². The Kier molecular flexibility index (Phi) is 3.69. The molecule has 0 spiro atoms. The monoisotopic (exact) mass is 284 g/mol. The lowest BCUT2D eigenvalue weighted by atomic mass is 10.0. The van der Waals surface area contributed by atoms with E-state index in [4.69, 9.17) is 0 Å². The number of nitrogens with zero attached hydrogens (tertiary/aromatic N) is 2. The van der Waals surface area contributed by atoms with Gasteiger partial charge in [-0.25, -0.2) is 4.39 Å². The van der Waals surface area contributed by atoms with Gasteiger partial charge in [0.25, 0.3) is 5.91 Å². The molecule has 2 rings (SSSR count). The quantitative estimate of drug-likeness (QED) is 0.619. The number of benzene rings is 1. The molecule has 1 fully saturated rings. The summed E-state index contributed by atoms with van der Waals surface area (Å²) in [6.07, 6.45) is 0. The van der Waals surface area contributed by atoms with Crippen molar-refractivity contribution in [2.75, 3.05) is 13.1 Å². The molecule has 0 radical (unpaired) electrons. The van der Waals surface area contributed by atoms with E-state index in [0.717, 1.165) is 0 Å². The zero-order valence-electron chi connectivity index (χ0n) is 11.1. The standard InChI is InChI=1S/C13H14F2N2O3/c1-7-5-16(6-8(7)2)13(18)10-3-9(14)4-11(12(10)15)17(19)20/h3-4,7-8H,5-6H2,1-2H3. The van der Waals surface area contributed by atoms with Crippen LogP contribution < -0.4 is 0 Å². The van der Waals surface area contributed by atoms with E-state index in [0.29, 0.717) is 25.2 Å². The van der Waals surface area contributed by atoms with Gasteiger partial charge in [-0.1, -0.05) is 13.8 Å². The van der Waals surface area contributed by atoms with Crippen LogP contribution in [0.3, 0.4) is 0 Å². The molecule has 1 aliphatic heterocycles. The van der Waals surface area contributed by atoms with Crippen LogP contribution in [-0.2, 0) is 0 Å². The fourth-order valence-electron chi connectivity index (χ4n) is 2.33. The maximum Gasteiger partial charge on any atom is 0.308 e. The summed E-state index contributed by atoms with van der Waals surface area (Å²) in [4.78, 5) is 23.2. The Labute approximate surface area is 114 Å². The second-order valence-corrected chi connectivity index (χ2v) is 5.21. The molecular weight excluding hydrogens is 270 g/mol. The highest BCUT2D eigenvalue weighted by molar-refractivity contribution is 5.95. The van der Waals surface area contributed by atoms with E-state index in [1.54, 1.807) is 0 Å². The summed E-state index contributed by atoms with van der Waals surface area (Å²) in [5.41, 5.74) is -1.60. The fourth-order valence-corrected chi connectivity index (χ4v) is 2.33. The molecule has 20 heavy (non-hydrogen) atoms. The van der Waals surface area contributed by atoms with Crippen molar-refractivity contribution < 1.29 is 18.5 Å². The first-order valence-electron chi connectivity index (χ1n) is 6.24. The summed E-state index contributed by atoms with van der Waals surface area (Å²) in [6.45, 7) is 4.79. The molecule has 0 aliphatic carbocycles. The lowest BCUT2D eigenvalue weighted by Crippen LogP contribution is -2.30. The van der Waals surface area contributed by atoms with Gasteiger partial charge in [0.15, 0.2) is 0 Å². The Morgan fingerprint density at radius 3 is 2.35 bits per heavy atom. The average molecular weight is 284 g/mol. The Morgan fingerprint density at radius 1 is 1.30 bits per heavy atom. The molecule has 1 heterocycles. The van der Waals surface area contributed by atoms with Crippen molar-refractivity contribution in [2.24, 2.45) is 11.8 Å². The third kappa shape index (κ3) is 2.48. The highest BCUT2D eigenvalue weighted by atomic mass is 19.1. The molecule has 2 atom stereocenters. The maximum absolute atomic E-state index is 13.9. The first-order chi connectivity index (χ1) is 9.31. The van der Waals surface area contributed by atoms with Crippen molar-refractivity contribution in [3.63, 3.8) is 0 Å². The van der Waals surface area contributed by atoms with E-state index in [9.17, 15) is 23.7 Å². The number of carbonyl (C=O) groups is 1. The molecule has 5 nitrogen and oxygen atoms in total. The van der Waals surface area contributed by atoms with Gasteiger partial charge in [-0.15, -0.1) is 0 Å². The third-order valence-corrected chi connectivity index (χ3v) is 3.72. The molecule has 0 saturated carbocycles. The highest BCUT2D eigenvalue weighted by Crippen LogP contribution is 2.27. The normalized spacial score (nSPS) is 22.1. The van der Waals surface area contributed by atoms with E-state index in [-0.39, 0.29) is 11.8 Å². The van der Waals surface area contributed by atoms with Crippen LogP contribution in [0.5, 0.6) is 0 Å². The van der Waals surface area contributed by atoms with Gasteiger partial charge in [-0.3, -0.25) is 14.9 Å². The topological polar surface area (TPSA) is 63.5 Å². The largest absolute Gasteiger partial charge is 0.338 e. The van der Waals surface area contributed by atoms with Gasteiger partial charge >= 0.3 is 5.69 Å². The molecule has 7 heteroatoms. The highest BCUT2D eigenvalue weighted by Gasteiger charge is 2.33. The summed E-state index contributed by atoms with van der Waals surface area (Å²) in [6, 6.07) is 1.18. The van der Waals surface area contributed by atoms with Gasteiger partial charge in [0, 0.05) is 13.1 Å².